The summed E-state index contributed by atoms with van der Waals surface area (Å²) >= 11 is 5.70. The number of hydrogen-bond donors (Lipinski definition) is 1. The van der Waals surface area contributed by atoms with Crippen LogP contribution in [0.15, 0.2) is 18.2 Å². The fourth-order valence-electron chi connectivity index (χ4n) is 3.44. The highest BCUT2D eigenvalue weighted by Crippen LogP contribution is 2.23. The standard InChI is InChI=1S/C19H29N5O3S/c1-5-23-18(22-8-10-27-11-9-22)20-24(19(23)28)14-21(2)13-15-6-7-16(25-3)12-17(15)26-4/h6-7,12H,5,8-11,13-14H2,1-4H3/p+1. The van der Waals surface area contributed by atoms with Gasteiger partial charge in [0.05, 0.1) is 34.5 Å². The first-order valence-corrected chi connectivity index (χ1v) is 10.0. The average Bonchev–Trinajstić information content (AvgIpc) is 3.04. The quantitative estimate of drug-likeness (QED) is 0.657. The number of methoxy groups -OCH3 is 2. The van der Waals surface area contributed by atoms with Crippen LogP contribution in [0.3, 0.4) is 0 Å². The topological polar surface area (TPSA) is 58.1 Å². The number of anilines is 1. The summed E-state index contributed by atoms with van der Waals surface area (Å²) in [5.74, 6) is 2.55. The van der Waals surface area contributed by atoms with Gasteiger partial charge in [-0.15, -0.1) is 5.10 Å². The van der Waals surface area contributed by atoms with Gasteiger partial charge in [0, 0.05) is 31.3 Å². The molecule has 1 atom stereocenters. The molecule has 0 aliphatic carbocycles. The third-order valence-electron chi connectivity index (χ3n) is 4.92. The van der Waals surface area contributed by atoms with Crippen LogP contribution in [0, 0.1) is 4.77 Å². The highest BCUT2D eigenvalue weighted by Gasteiger charge is 2.20. The molecule has 2 heterocycles. The maximum Gasteiger partial charge on any atom is 0.226 e. The van der Waals surface area contributed by atoms with E-state index < -0.39 is 0 Å². The van der Waals surface area contributed by atoms with Gasteiger partial charge in [0.25, 0.3) is 0 Å². The molecule has 1 unspecified atom stereocenters. The predicted molar refractivity (Wildman–Crippen MR) is 110 cm³/mol. The SMILES string of the molecule is CCn1c(N2CCOCC2)nn(C[NH+](C)Cc2ccc(OC)cc2OC)c1=S. The second-order valence-corrected chi connectivity index (χ2v) is 7.26. The number of aromatic nitrogens is 3. The van der Waals surface area contributed by atoms with E-state index in [2.05, 4.69) is 23.4 Å². The fourth-order valence-corrected chi connectivity index (χ4v) is 3.76. The van der Waals surface area contributed by atoms with E-state index in [0.29, 0.717) is 6.67 Å². The molecule has 0 bridgehead atoms. The smallest absolute Gasteiger partial charge is 0.226 e. The molecule has 1 saturated heterocycles. The summed E-state index contributed by atoms with van der Waals surface area (Å²) < 4.78 is 21.1. The summed E-state index contributed by atoms with van der Waals surface area (Å²) in [7, 11) is 5.47. The van der Waals surface area contributed by atoms with Gasteiger partial charge in [0.1, 0.15) is 18.0 Å². The number of nitrogens with zero attached hydrogens (tertiary/aromatic N) is 4. The lowest BCUT2D eigenvalue weighted by Crippen LogP contribution is -3.07. The van der Waals surface area contributed by atoms with Crippen LogP contribution >= 0.6 is 12.2 Å². The van der Waals surface area contributed by atoms with Crippen LogP contribution in [0.25, 0.3) is 0 Å². The first kappa shape index (κ1) is 20.6. The Balaban J connectivity index is 1.76. The molecule has 28 heavy (non-hydrogen) atoms. The van der Waals surface area contributed by atoms with Crippen LogP contribution in [0.5, 0.6) is 11.5 Å². The number of ether oxygens (including phenoxy) is 3. The fraction of sp³-hybridized carbons (Fsp3) is 0.579. The van der Waals surface area contributed by atoms with Crippen molar-refractivity contribution in [2.24, 2.45) is 0 Å². The van der Waals surface area contributed by atoms with Crippen molar-refractivity contribution in [3.8, 4) is 11.5 Å². The lowest BCUT2D eigenvalue weighted by Gasteiger charge is -2.27. The van der Waals surface area contributed by atoms with Gasteiger partial charge < -0.3 is 24.0 Å². The van der Waals surface area contributed by atoms with E-state index in [9.17, 15) is 0 Å². The Kier molecular flexibility index (Phi) is 6.93. The maximum absolute atomic E-state index is 5.70. The number of quaternary nitrogens is 1. The molecule has 1 aliphatic rings. The van der Waals surface area contributed by atoms with Crippen LogP contribution in [0.2, 0.25) is 0 Å². The van der Waals surface area contributed by atoms with Gasteiger partial charge >= 0.3 is 0 Å². The van der Waals surface area contributed by atoms with Crippen LogP contribution in [-0.4, -0.2) is 61.9 Å². The first-order chi connectivity index (χ1) is 13.6. The zero-order valence-corrected chi connectivity index (χ0v) is 17.9. The number of rotatable bonds is 8. The van der Waals surface area contributed by atoms with Gasteiger partial charge in [-0.1, -0.05) is 0 Å². The molecule has 1 aliphatic heterocycles. The molecule has 2 aromatic rings. The lowest BCUT2D eigenvalue weighted by atomic mass is 10.2. The molecule has 1 aromatic heterocycles. The van der Waals surface area contributed by atoms with Crippen molar-refractivity contribution in [1.82, 2.24) is 14.3 Å². The van der Waals surface area contributed by atoms with Crippen molar-refractivity contribution in [1.29, 1.82) is 0 Å². The Morgan fingerprint density at radius 3 is 2.61 bits per heavy atom. The van der Waals surface area contributed by atoms with E-state index in [1.807, 2.05) is 22.9 Å². The van der Waals surface area contributed by atoms with Gasteiger partial charge in [0.2, 0.25) is 10.7 Å². The second kappa shape index (κ2) is 9.40. The minimum absolute atomic E-state index is 0.679. The molecular weight excluding hydrogens is 378 g/mol. The molecule has 1 N–H and O–H groups in total. The molecule has 0 saturated carbocycles. The van der Waals surface area contributed by atoms with Crippen molar-refractivity contribution in [3.63, 3.8) is 0 Å². The minimum atomic E-state index is 0.679. The number of hydrogen-bond acceptors (Lipinski definition) is 6. The summed E-state index contributed by atoms with van der Waals surface area (Å²) in [4.78, 5) is 3.51. The molecule has 154 valence electrons. The van der Waals surface area contributed by atoms with Crippen LogP contribution in [0.4, 0.5) is 5.95 Å². The Morgan fingerprint density at radius 1 is 1.21 bits per heavy atom. The van der Waals surface area contributed by atoms with Crippen molar-refractivity contribution < 1.29 is 19.1 Å². The highest BCUT2D eigenvalue weighted by molar-refractivity contribution is 7.71. The molecule has 3 rings (SSSR count). The van der Waals surface area contributed by atoms with Gasteiger partial charge in [-0.3, -0.25) is 4.57 Å². The van der Waals surface area contributed by atoms with Crippen LogP contribution < -0.4 is 19.3 Å². The zero-order valence-electron chi connectivity index (χ0n) is 17.1. The normalized spacial score (nSPS) is 15.5. The monoisotopic (exact) mass is 408 g/mol. The second-order valence-electron chi connectivity index (χ2n) is 6.90. The summed E-state index contributed by atoms with van der Waals surface area (Å²) in [5, 5.41) is 4.83. The van der Waals surface area contributed by atoms with Crippen molar-refractivity contribution in [2.45, 2.75) is 26.7 Å². The van der Waals surface area contributed by atoms with Crippen molar-refractivity contribution >= 4 is 18.2 Å². The summed E-state index contributed by atoms with van der Waals surface area (Å²) in [6, 6.07) is 5.92. The Labute approximate surface area is 171 Å². The van der Waals surface area contributed by atoms with Crippen molar-refractivity contribution in [2.75, 3.05) is 52.5 Å². The molecule has 1 aromatic carbocycles. The lowest BCUT2D eigenvalue weighted by molar-refractivity contribution is -0.917. The van der Waals surface area contributed by atoms with E-state index in [0.717, 1.165) is 67.2 Å². The van der Waals surface area contributed by atoms with E-state index in [-0.39, 0.29) is 0 Å². The summed E-state index contributed by atoms with van der Waals surface area (Å²) in [6.07, 6.45) is 0. The predicted octanol–water partition coefficient (Wildman–Crippen LogP) is 0.960. The van der Waals surface area contributed by atoms with Gasteiger partial charge in [-0.2, -0.15) is 4.68 Å². The third-order valence-corrected chi connectivity index (χ3v) is 5.35. The third kappa shape index (κ3) is 4.48. The van der Waals surface area contributed by atoms with Gasteiger partial charge in [-0.25, -0.2) is 0 Å². The molecule has 9 heteroatoms. The number of benzene rings is 1. The zero-order chi connectivity index (χ0) is 20.1. The molecular formula is C19H30N5O3S+. The van der Waals surface area contributed by atoms with E-state index in [1.165, 1.54) is 4.90 Å². The maximum atomic E-state index is 5.70. The minimum Gasteiger partial charge on any atom is -0.497 e. The van der Waals surface area contributed by atoms with Crippen molar-refractivity contribution in [3.05, 3.63) is 28.5 Å². The molecule has 1 fully saturated rings. The Bertz CT molecular complexity index is 845. The molecule has 0 amide bonds. The first-order valence-electron chi connectivity index (χ1n) is 9.59. The van der Waals surface area contributed by atoms with Crippen LogP contribution in [0.1, 0.15) is 12.5 Å². The average molecular weight is 409 g/mol. The van der Waals surface area contributed by atoms with Crippen LogP contribution in [-0.2, 0) is 24.5 Å². The summed E-state index contributed by atoms with van der Waals surface area (Å²) in [6.45, 7) is 7.52. The Hall–Kier alpha value is -2.10. The molecule has 8 nitrogen and oxygen atoms in total. The Morgan fingerprint density at radius 2 is 1.96 bits per heavy atom. The van der Waals surface area contributed by atoms with Gasteiger partial charge in [0.15, 0.2) is 6.67 Å². The number of morpholine rings is 1. The molecule has 0 spiro atoms. The highest BCUT2D eigenvalue weighted by atomic mass is 32.1. The van der Waals surface area contributed by atoms with Gasteiger partial charge in [-0.05, 0) is 31.3 Å². The largest absolute Gasteiger partial charge is 0.497 e. The van der Waals surface area contributed by atoms with E-state index >= 15 is 0 Å². The molecule has 0 radical (unpaired) electrons. The number of nitrogens with one attached hydrogen (secondary N) is 1. The van der Waals surface area contributed by atoms with E-state index in [4.69, 9.17) is 31.5 Å². The van der Waals surface area contributed by atoms with E-state index in [1.54, 1.807) is 14.2 Å². The summed E-state index contributed by atoms with van der Waals surface area (Å²) in [5.41, 5.74) is 1.12.